The van der Waals surface area contributed by atoms with Crippen LogP contribution in [0.5, 0.6) is 0 Å². The number of nitrogens with zero attached hydrogens (tertiary/aromatic N) is 3. The van der Waals surface area contributed by atoms with Crippen LogP contribution in [0.2, 0.25) is 0 Å². The molecule has 4 heterocycles. The summed E-state index contributed by atoms with van der Waals surface area (Å²) in [5.74, 6) is -0.521. The van der Waals surface area contributed by atoms with E-state index in [0.29, 0.717) is 36.8 Å². The van der Waals surface area contributed by atoms with Crippen LogP contribution in [0.4, 0.5) is 10.7 Å². The fourth-order valence-electron chi connectivity index (χ4n) is 5.56. The molecule has 0 saturated carbocycles. The van der Waals surface area contributed by atoms with E-state index in [2.05, 4.69) is 25.6 Å². The molecule has 43 heavy (non-hydrogen) atoms. The Morgan fingerprint density at radius 1 is 1.07 bits per heavy atom. The minimum Gasteiger partial charge on any atom is -0.481 e. The summed E-state index contributed by atoms with van der Waals surface area (Å²) in [5.41, 5.74) is 5.66. The van der Waals surface area contributed by atoms with E-state index in [4.69, 9.17) is 15.2 Å². The second-order valence-corrected chi connectivity index (χ2v) is 12.5. The number of urea groups is 1. The number of thioether (sulfide) groups is 1. The SMILES string of the molecule is Nc1nc2c(ncn2COCCC(CCCCCCCCOC(=O)CCCC[C@@H]2SC[C@@H]3NC(=O)N[C@@H]32)C(=O)O)c(=O)[nH]1. The van der Waals surface area contributed by atoms with Crippen LogP contribution in [0, 0.1) is 5.92 Å². The molecule has 0 bridgehead atoms. The van der Waals surface area contributed by atoms with Gasteiger partial charge in [0.1, 0.15) is 6.73 Å². The molecule has 0 aromatic carbocycles. The van der Waals surface area contributed by atoms with E-state index in [1.807, 2.05) is 11.8 Å². The van der Waals surface area contributed by atoms with Crippen molar-refractivity contribution in [1.29, 1.82) is 0 Å². The molecule has 4 atom stereocenters. The lowest BCUT2D eigenvalue weighted by Gasteiger charge is -2.16. The average molecular weight is 622 g/mol. The van der Waals surface area contributed by atoms with E-state index in [1.54, 1.807) is 4.57 Å². The first-order valence-corrected chi connectivity index (χ1v) is 16.2. The van der Waals surface area contributed by atoms with Crippen molar-refractivity contribution in [3.63, 3.8) is 0 Å². The summed E-state index contributed by atoms with van der Waals surface area (Å²) in [4.78, 5) is 57.5. The number of nitrogens with one attached hydrogen (secondary N) is 3. The number of aromatic amines is 1. The Labute approximate surface area is 254 Å². The minimum absolute atomic E-state index is 0.0103. The minimum atomic E-state index is -0.829. The zero-order valence-corrected chi connectivity index (χ0v) is 25.2. The average Bonchev–Trinajstić information content (AvgIpc) is 3.65. The number of nitrogens with two attached hydrogens (primary N) is 1. The predicted octanol–water partition coefficient (Wildman–Crippen LogP) is 2.77. The molecule has 1 unspecified atom stereocenters. The van der Waals surface area contributed by atoms with Crippen LogP contribution in [0.3, 0.4) is 0 Å². The number of aliphatic carboxylic acids is 1. The van der Waals surface area contributed by atoms with Crippen molar-refractivity contribution < 1.29 is 29.0 Å². The van der Waals surface area contributed by atoms with E-state index >= 15 is 0 Å². The Balaban J connectivity index is 0.963. The number of H-pyrrole nitrogens is 1. The molecular formula is C28H43N7O7S. The molecule has 6 N–H and O–H groups in total. The number of ether oxygens (including phenoxy) is 2. The van der Waals surface area contributed by atoms with Gasteiger partial charge in [0.15, 0.2) is 11.2 Å². The number of esters is 1. The molecule has 2 amide bonds. The largest absolute Gasteiger partial charge is 0.481 e. The molecule has 4 rings (SSSR count). The molecule has 238 valence electrons. The number of aromatic nitrogens is 4. The van der Waals surface area contributed by atoms with Gasteiger partial charge in [-0.15, -0.1) is 0 Å². The molecule has 14 nitrogen and oxygen atoms in total. The van der Waals surface area contributed by atoms with E-state index in [1.165, 1.54) is 6.33 Å². The zero-order valence-electron chi connectivity index (χ0n) is 24.4. The highest BCUT2D eigenvalue weighted by atomic mass is 32.2. The van der Waals surface area contributed by atoms with Crippen LogP contribution in [-0.4, -0.2) is 78.9 Å². The van der Waals surface area contributed by atoms with Gasteiger partial charge >= 0.3 is 18.0 Å². The summed E-state index contributed by atoms with van der Waals surface area (Å²) in [6, 6.07) is 0.368. The molecule has 2 fully saturated rings. The maximum atomic E-state index is 12.0. The normalized spacial score (nSPS) is 20.1. The second kappa shape index (κ2) is 16.5. The number of rotatable bonds is 20. The number of carbonyl (C=O) groups excluding carboxylic acids is 2. The Morgan fingerprint density at radius 3 is 2.67 bits per heavy atom. The third-order valence-electron chi connectivity index (χ3n) is 7.95. The van der Waals surface area contributed by atoms with Crippen molar-refractivity contribution in [3.8, 4) is 0 Å². The first kappa shape index (κ1) is 32.6. The number of carboxylic acid groups (broad SMARTS) is 1. The summed E-state index contributed by atoms with van der Waals surface area (Å²) >= 11 is 1.89. The van der Waals surface area contributed by atoms with Crippen molar-refractivity contribution in [2.75, 3.05) is 24.7 Å². The number of imidazole rings is 1. The van der Waals surface area contributed by atoms with Crippen LogP contribution in [0.25, 0.3) is 11.2 Å². The van der Waals surface area contributed by atoms with E-state index in [9.17, 15) is 24.3 Å². The Morgan fingerprint density at radius 2 is 1.86 bits per heavy atom. The van der Waals surface area contributed by atoms with E-state index in [-0.39, 0.29) is 48.9 Å². The molecule has 0 radical (unpaired) electrons. The van der Waals surface area contributed by atoms with Crippen LogP contribution in [0.1, 0.15) is 77.0 Å². The number of hydrogen-bond donors (Lipinski definition) is 5. The number of nitrogen functional groups attached to an aromatic ring is 1. The van der Waals surface area contributed by atoms with E-state index < -0.39 is 17.4 Å². The fraction of sp³-hybridized carbons (Fsp3) is 0.714. The van der Waals surface area contributed by atoms with Gasteiger partial charge in [-0.05, 0) is 32.1 Å². The van der Waals surface area contributed by atoms with Gasteiger partial charge in [-0.3, -0.25) is 23.9 Å². The smallest absolute Gasteiger partial charge is 0.315 e. The number of fused-ring (bicyclic) bond motifs is 2. The van der Waals surface area contributed by atoms with Crippen molar-refractivity contribution >= 4 is 46.8 Å². The summed E-state index contributed by atoms with van der Waals surface area (Å²) < 4.78 is 12.5. The van der Waals surface area contributed by atoms with Crippen molar-refractivity contribution in [2.24, 2.45) is 5.92 Å². The summed E-state index contributed by atoms with van der Waals surface area (Å²) in [7, 11) is 0. The standard InChI is InChI=1S/C28H43N7O7S/c29-27-33-24-23(25(37)34-27)30-16-35(24)17-41-14-12-18(26(38)39)9-5-3-1-2-4-8-13-42-21(36)11-7-6-10-20-22-19(15-43-20)31-28(40)32-22/h16,18-20,22H,1-15,17H2,(H,38,39)(H2,31,32,40)(H3,29,33,34,37)/t18?,19-,20-,22-/m0/s1. The van der Waals surface area contributed by atoms with Gasteiger partial charge in [-0.25, -0.2) is 9.78 Å². The topological polar surface area (TPSA) is 204 Å². The Hall–Kier alpha value is -3.33. The van der Waals surface area contributed by atoms with Gasteiger partial charge in [-0.2, -0.15) is 16.7 Å². The highest BCUT2D eigenvalue weighted by Crippen LogP contribution is 2.33. The summed E-state index contributed by atoms with van der Waals surface area (Å²) in [6.45, 7) is 0.787. The molecule has 2 saturated heterocycles. The molecule has 15 heteroatoms. The first-order chi connectivity index (χ1) is 20.8. The van der Waals surface area contributed by atoms with Gasteiger partial charge < -0.3 is 30.9 Å². The van der Waals surface area contributed by atoms with Crippen LogP contribution < -0.4 is 21.9 Å². The lowest BCUT2D eigenvalue weighted by molar-refractivity contribution is -0.144. The molecule has 0 spiro atoms. The number of amides is 2. The number of anilines is 1. The molecule has 2 aliphatic heterocycles. The van der Waals surface area contributed by atoms with Crippen molar-refractivity contribution in [1.82, 2.24) is 30.2 Å². The molecule has 2 aromatic heterocycles. The summed E-state index contributed by atoms with van der Waals surface area (Å²) in [5, 5.41) is 15.9. The van der Waals surface area contributed by atoms with E-state index in [0.717, 1.165) is 63.5 Å². The second-order valence-electron chi connectivity index (χ2n) is 11.2. The molecule has 2 aromatic rings. The van der Waals surface area contributed by atoms with Crippen molar-refractivity contribution in [3.05, 3.63) is 16.7 Å². The quantitative estimate of drug-likeness (QED) is 0.0826. The van der Waals surface area contributed by atoms with Crippen LogP contribution >= 0.6 is 11.8 Å². The van der Waals surface area contributed by atoms with Crippen molar-refractivity contribution in [2.45, 2.75) is 101 Å². The number of hydrogen-bond acceptors (Lipinski definition) is 10. The molecular weight excluding hydrogens is 578 g/mol. The van der Waals surface area contributed by atoms with Gasteiger partial charge in [0, 0.05) is 24.0 Å². The predicted molar refractivity (Wildman–Crippen MR) is 161 cm³/mol. The Bertz CT molecular complexity index is 1290. The fourth-order valence-corrected chi connectivity index (χ4v) is 7.10. The zero-order chi connectivity index (χ0) is 30.6. The lowest BCUT2D eigenvalue weighted by Crippen LogP contribution is -2.36. The van der Waals surface area contributed by atoms with Crippen LogP contribution in [0.15, 0.2) is 11.1 Å². The molecule has 0 aliphatic carbocycles. The monoisotopic (exact) mass is 621 g/mol. The summed E-state index contributed by atoms with van der Waals surface area (Å²) in [6.07, 6.45) is 11.2. The first-order valence-electron chi connectivity index (χ1n) is 15.2. The van der Waals surface area contributed by atoms with Gasteiger partial charge in [0.25, 0.3) is 5.56 Å². The number of carboxylic acids is 1. The number of carbonyl (C=O) groups is 3. The van der Waals surface area contributed by atoms with Crippen LogP contribution in [-0.2, 0) is 25.8 Å². The Kier molecular flexibility index (Phi) is 12.5. The maximum absolute atomic E-state index is 12.0. The maximum Gasteiger partial charge on any atom is 0.315 e. The van der Waals surface area contributed by atoms with Gasteiger partial charge in [-0.1, -0.05) is 38.5 Å². The third kappa shape index (κ3) is 9.85. The third-order valence-corrected chi connectivity index (χ3v) is 9.46. The highest BCUT2D eigenvalue weighted by Gasteiger charge is 2.42. The van der Waals surface area contributed by atoms with Gasteiger partial charge in [0.05, 0.1) is 30.9 Å². The number of unbranched alkanes of at least 4 members (excludes halogenated alkanes) is 6. The highest BCUT2D eigenvalue weighted by molar-refractivity contribution is 8.00. The van der Waals surface area contributed by atoms with Gasteiger partial charge in [0.2, 0.25) is 5.95 Å². The lowest BCUT2D eigenvalue weighted by atomic mass is 9.97. The molecule has 2 aliphatic rings.